The van der Waals surface area contributed by atoms with Crippen LogP contribution in [0.3, 0.4) is 0 Å². The third-order valence-corrected chi connectivity index (χ3v) is 4.83. The molecule has 0 spiro atoms. The SMILES string of the molecule is CCCC(=O)N(Cc1ccccc1)c1nc2c(C)cccc2s1. The molecule has 23 heavy (non-hydrogen) atoms. The summed E-state index contributed by atoms with van der Waals surface area (Å²) in [4.78, 5) is 19.2. The summed E-state index contributed by atoms with van der Waals surface area (Å²) in [6.07, 6.45) is 1.38. The first-order valence-corrected chi connectivity index (χ1v) is 8.71. The molecule has 0 atom stereocenters. The fourth-order valence-electron chi connectivity index (χ4n) is 2.57. The predicted molar refractivity (Wildman–Crippen MR) is 96.9 cm³/mol. The number of amides is 1. The first-order valence-electron chi connectivity index (χ1n) is 7.89. The van der Waals surface area contributed by atoms with Gasteiger partial charge in [0.15, 0.2) is 5.13 Å². The van der Waals surface area contributed by atoms with E-state index in [1.54, 1.807) is 11.3 Å². The van der Waals surface area contributed by atoms with Gasteiger partial charge in [-0.25, -0.2) is 4.98 Å². The smallest absolute Gasteiger partial charge is 0.229 e. The molecule has 0 aliphatic rings. The minimum atomic E-state index is 0.132. The third kappa shape index (κ3) is 3.42. The average Bonchev–Trinajstić information content (AvgIpc) is 2.99. The van der Waals surface area contributed by atoms with E-state index in [9.17, 15) is 4.79 Å². The molecular weight excluding hydrogens is 304 g/mol. The van der Waals surface area contributed by atoms with E-state index in [1.165, 1.54) is 0 Å². The van der Waals surface area contributed by atoms with Gasteiger partial charge in [-0.05, 0) is 30.5 Å². The number of fused-ring (bicyclic) bond motifs is 1. The molecule has 3 nitrogen and oxygen atoms in total. The van der Waals surface area contributed by atoms with Crippen LogP contribution in [0.5, 0.6) is 0 Å². The zero-order valence-electron chi connectivity index (χ0n) is 13.5. The Bertz CT molecular complexity index is 811. The molecule has 0 N–H and O–H groups in total. The molecule has 0 unspecified atom stereocenters. The van der Waals surface area contributed by atoms with E-state index in [-0.39, 0.29) is 5.91 Å². The van der Waals surface area contributed by atoms with Gasteiger partial charge in [-0.2, -0.15) is 0 Å². The summed E-state index contributed by atoms with van der Waals surface area (Å²) >= 11 is 1.59. The zero-order chi connectivity index (χ0) is 16.2. The molecule has 4 heteroatoms. The monoisotopic (exact) mass is 324 g/mol. The second kappa shape index (κ2) is 6.92. The number of carbonyl (C=O) groups is 1. The predicted octanol–water partition coefficient (Wildman–Crippen LogP) is 4.94. The lowest BCUT2D eigenvalue weighted by atomic mass is 10.2. The lowest BCUT2D eigenvalue weighted by Crippen LogP contribution is -2.29. The molecule has 118 valence electrons. The maximum atomic E-state index is 12.6. The summed E-state index contributed by atoms with van der Waals surface area (Å²) in [5.41, 5.74) is 3.26. The number of aromatic nitrogens is 1. The number of carbonyl (C=O) groups excluding carboxylic acids is 1. The average molecular weight is 324 g/mol. The van der Waals surface area contributed by atoms with Crippen molar-refractivity contribution in [1.29, 1.82) is 0 Å². The Morgan fingerprint density at radius 3 is 2.61 bits per heavy atom. The molecule has 0 aliphatic heterocycles. The van der Waals surface area contributed by atoms with Crippen LogP contribution >= 0.6 is 11.3 Å². The number of rotatable bonds is 5. The van der Waals surface area contributed by atoms with Crippen molar-refractivity contribution in [3.8, 4) is 0 Å². The van der Waals surface area contributed by atoms with Crippen molar-refractivity contribution in [2.75, 3.05) is 4.90 Å². The van der Waals surface area contributed by atoms with Gasteiger partial charge in [0.25, 0.3) is 0 Å². The number of anilines is 1. The molecule has 0 aliphatic carbocycles. The number of hydrogen-bond donors (Lipinski definition) is 0. The van der Waals surface area contributed by atoms with Gasteiger partial charge in [-0.3, -0.25) is 9.69 Å². The highest BCUT2D eigenvalue weighted by Crippen LogP contribution is 2.31. The molecule has 0 fully saturated rings. The first kappa shape index (κ1) is 15.7. The van der Waals surface area contributed by atoms with Gasteiger partial charge in [0.2, 0.25) is 5.91 Å². The van der Waals surface area contributed by atoms with Crippen molar-refractivity contribution in [3.63, 3.8) is 0 Å². The van der Waals surface area contributed by atoms with E-state index in [1.807, 2.05) is 48.2 Å². The topological polar surface area (TPSA) is 33.2 Å². The number of nitrogens with zero attached hydrogens (tertiary/aromatic N) is 2. The van der Waals surface area contributed by atoms with Crippen LogP contribution in [0.25, 0.3) is 10.2 Å². The summed E-state index contributed by atoms with van der Waals surface area (Å²) in [7, 11) is 0. The third-order valence-electron chi connectivity index (χ3n) is 3.79. The highest BCUT2D eigenvalue weighted by molar-refractivity contribution is 7.22. The minimum absolute atomic E-state index is 0.132. The Morgan fingerprint density at radius 2 is 1.91 bits per heavy atom. The number of benzene rings is 2. The molecule has 3 aromatic rings. The lowest BCUT2D eigenvalue weighted by Gasteiger charge is -2.19. The van der Waals surface area contributed by atoms with Gasteiger partial charge in [0, 0.05) is 6.42 Å². The summed E-state index contributed by atoms with van der Waals surface area (Å²) < 4.78 is 1.13. The molecule has 2 aromatic carbocycles. The second-order valence-electron chi connectivity index (χ2n) is 5.63. The number of para-hydroxylation sites is 1. The quantitative estimate of drug-likeness (QED) is 0.666. The second-order valence-corrected chi connectivity index (χ2v) is 6.64. The highest BCUT2D eigenvalue weighted by atomic mass is 32.1. The van der Waals surface area contributed by atoms with Gasteiger partial charge in [0.1, 0.15) is 0 Å². The Balaban J connectivity index is 1.99. The molecule has 0 saturated carbocycles. The van der Waals surface area contributed by atoms with Crippen molar-refractivity contribution in [3.05, 3.63) is 59.7 Å². The van der Waals surface area contributed by atoms with E-state index in [4.69, 9.17) is 4.98 Å². The van der Waals surface area contributed by atoms with Crippen molar-refractivity contribution < 1.29 is 4.79 Å². The fourth-order valence-corrected chi connectivity index (χ4v) is 3.63. The summed E-state index contributed by atoms with van der Waals surface area (Å²) in [5.74, 6) is 0.132. The minimum Gasteiger partial charge on any atom is -0.284 e. The van der Waals surface area contributed by atoms with Gasteiger partial charge < -0.3 is 0 Å². The fraction of sp³-hybridized carbons (Fsp3) is 0.263. The van der Waals surface area contributed by atoms with Gasteiger partial charge in [0.05, 0.1) is 16.8 Å². The maximum Gasteiger partial charge on any atom is 0.229 e. The first-order chi connectivity index (χ1) is 11.2. The molecule has 0 saturated heterocycles. The molecule has 1 heterocycles. The van der Waals surface area contributed by atoms with Crippen LogP contribution in [-0.4, -0.2) is 10.9 Å². The van der Waals surface area contributed by atoms with Crippen molar-refractivity contribution in [1.82, 2.24) is 4.98 Å². The summed E-state index contributed by atoms with van der Waals surface area (Å²) in [6.45, 7) is 4.65. The van der Waals surface area contributed by atoms with E-state index >= 15 is 0 Å². The van der Waals surface area contributed by atoms with E-state index < -0.39 is 0 Å². The van der Waals surface area contributed by atoms with Crippen LogP contribution in [0, 0.1) is 6.92 Å². The Morgan fingerprint density at radius 1 is 1.13 bits per heavy atom. The molecule has 0 radical (unpaired) electrons. The molecule has 3 rings (SSSR count). The number of aryl methyl sites for hydroxylation is 1. The molecule has 0 bridgehead atoms. The summed E-state index contributed by atoms with van der Waals surface area (Å²) in [5, 5.41) is 0.789. The molecular formula is C19H20N2OS. The largest absolute Gasteiger partial charge is 0.284 e. The zero-order valence-corrected chi connectivity index (χ0v) is 14.3. The molecule has 1 aromatic heterocycles. The maximum absolute atomic E-state index is 12.6. The highest BCUT2D eigenvalue weighted by Gasteiger charge is 2.19. The van der Waals surface area contributed by atoms with E-state index in [2.05, 4.69) is 19.1 Å². The van der Waals surface area contributed by atoms with Crippen molar-refractivity contribution in [2.24, 2.45) is 0 Å². The van der Waals surface area contributed by atoms with Crippen LogP contribution in [-0.2, 0) is 11.3 Å². The lowest BCUT2D eigenvalue weighted by molar-refractivity contribution is -0.118. The summed E-state index contributed by atoms with van der Waals surface area (Å²) in [6, 6.07) is 16.2. The van der Waals surface area contributed by atoms with Crippen LogP contribution in [0.1, 0.15) is 30.9 Å². The van der Waals surface area contributed by atoms with Gasteiger partial charge in [-0.1, -0.05) is 60.7 Å². The molecule has 1 amide bonds. The van der Waals surface area contributed by atoms with Gasteiger partial charge >= 0.3 is 0 Å². The van der Waals surface area contributed by atoms with Crippen molar-refractivity contribution in [2.45, 2.75) is 33.2 Å². The standard InChI is InChI=1S/C19H20N2OS/c1-3-8-17(22)21(13-15-10-5-4-6-11-15)19-20-18-14(2)9-7-12-16(18)23-19/h4-7,9-12H,3,8,13H2,1-2H3. The Labute approximate surface area is 140 Å². The van der Waals surface area contributed by atoms with Crippen molar-refractivity contribution >= 4 is 32.6 Å². The van der Waals surface area contributed by atoms with E-state index in [0.717, 1.165) is 32.9 Å². The number of thiazole rings is 1. The van der Waals surface area contributed by atoms with Crippen LogP contribution in [0.15, 0.2) is 48.5 Å². The van der Waals surface area contributed by atoms with E-state index in [0.29, 0.717) is 13.0 Å². The van der Waals surface area contributed by atoms with Crippen LogP contribution in [0.2, 0.25) is 0 Å². The van der Waals surface area contributed by atoms with Gasteiger partial charge in [-0.15, -0.1) is 0 Å². The Hall–Kier alpha value is -2.20. The Kier molecular flexibility index (Phi) is 4.72. The number of hydrogen-bond acceptors (Lipinski definition) is 3. The van der Waals surface area contributed by atoms with Crippen LogP contribution in [0.4, 0.5) is 5.13 Å². The van der Waals surface area contributed by atoms with Crippen LogP contribution < -0.4 is 4.90 Å². The normalized spacial score (nSPS) is 10.9.